The molecule has 238 valence electrons. The summed E-state index contributed by atoms with van der Waals surface area (Å²) in [6, 6.07) is 3.90. The Morgan fingerprint density at radius 2 is 1.56 bits per heavy atom. The van der Waals surface area contributed by atoms with Crippen molar-refractivity contribution in [3.63, 3.8) is 0 Å². The number of ether oxygens (including phenoxy) is 3. The molecule has 1 fully saturated rings. The van der Waals surface area contributed by atoms with Gasteiger partial charge in [0.05, 0.1) is 18.2 Å². The molecule has 2 aromatic rings. The first kappa shape index (κ1) is 32.9. The van der Waals surface area contributed by atoms with Gasteiger partial charge in [0.15, 0.2) is 0 Å². The molecule has 1 aliphatic heterocycles. The molecule has 14 heteroatoms. The number of alkyl halides is 9. The van der Waals surface area contributed by atoms with Crippen LogP contribution in [0.15, 0.2) is 42.0 Å². The molecule has 1 N–H and O–H groups in total. The lowest BCUT2D eigenvalue weighted by Gasteiger charge is -2.36. The van der Waals surface area contributed by atoms with Crippen molar-refractivity contribution >= 4 is 5.57 Å². The number of hydrogen-bond donors (Lipinski definition) is 1. The Morgan fingerprint density at radius 1 is 0.953 bits per heavy atom. The highest BCUT2D eigenvalue weighted by molar-refractivity contribution is 5.75. The number of hydrogen-bond acceptors (Lipinski definition) is 5. The fraction of sp³-hybridized carbons (Fsp3) is 0.517. The summed E-state index contributed by atoms with van der Waals surface area (Å²) in [5.74, 6) is -0.197. The second-order valence-corrected chi connectivity index (χ2v) is 11.5. The number of allylic oxidation sites excluding steroid dienone is 1. The number of aliphatic hydroxyl groups excluding tert-OH is 1. The van der Waals surface area contributed by atoms with Crippen LogP contribution in [0.2, 0.25) is 0 Å². The minimum atomic E-state index is -5.06. The molecule has 0 radical (unpaired) electrons. The molecule has 43 heavy (non-hydrogen) atoms. The molecule has 2 aliphatic rings. The van der Waals surface area contributed by atoms with Crippen molar-refractivity contribution in [1.29, 1.82) is 0 Å². The highest BCUT2D eigenvalue weighted by Crippen LogP contribution is 2.47. The van der Waals surface area contributed by atoms with Crippen molar-refractivity contribution in [2.75, 3.05) is 13.7 Å². The van der Waals surface area contributed by atoms with E-state index in [0.29, 0.717) is 48.1 Å². The van der Waals surface area contributed by atoms with Gasteiger partial charge in [-0.1, -0.05) is 19.4 Å². The van der Waals surface area contributed by atoms with Crippen LogP contribution in [0, 0.1) is 5.41 Å². The fourth-order valence-electron chi connectivity index (χ4n) is 5.65. The van der Waals surface area contributed by atoms with Crippen molar-refractivity contribution in [2.45, 2.75) is 77.3 Å². The maximum Gasteiger partial charge on any atom is 0.573 e. The molecule has 0 bridgehead atoms. The Labute approximate surface area is 241 Å². The van der Waals surface area contributed by atoms with Crippen LogP contribution in [0.1, 0.15) is 68.4 Å². The summed E-state index contributed by atoms with van der Waals surface area (Å²) in [6.07, 6.45) is -16.6. The monoisotopic (exact) mass is 627 g/mol. The Morgan fingerprint density at radius 3 is 2.09 bits per heavy atom. The third-order valence-electron chi connectivity index (χ3n) is 7.73. The fourth-order valence-corrected chi connectivity index (χ4v) is 5.65. The van der Waals surface area contributed by atoms with E-state index in [1.165, 1.54) is 31.1 Å². The maximum atomic E-state index is 13.5. The quantitative estimate of drug-likeness (QED) is 0.327. The minimum Gasteiger partial charge on any atom is -0.496 e. The van der Waals surface area contributed by atoms with E-state index in [-0.39, 0.29) is 23.8 Å². The molecule has 0 amide bonds. The van der Waals surface area contributed by atoms with Crippen molar-refractivity contribution in [1.82, 2.24) is 4.90 Å². The van der Waals surface area contributed by atoms with Crippen LogP contribution in [0.4, 0.5) is 39.5 Å². The average Bonchev–Trinajstić information content (AvgIpc) is 3.14. The topological polar surface area (TPSA) is 51.2 Å². The highest BCUT2D eigenvalue weighted by Gasteiger charge is 2.44. The van der Waals surface area contributed by atoms with E-state index in [2.05, 4.69) is 4.74 Å². The van der Waals surface area contributed by atoms with Crippen LogP contribution in [0.5, 0.6) is 11.5 Å². The third kappa shape index (κ3) is 7.58. The van der Waals surface area contributed by atoms with E-state index in [1.54, 1.807) is 0 Å². The minimum absolute atomic E-state index is 0.0164. The smallest absolute Gasteiger partial charge is 0.496 e. The lowest BCUT2D eigenvalue weighted by atomic mass is 9.72. The first-order chi connectivity index (χ1) is 19.7. The van der Waals surface area contributed by atoms with Crippen LogP contribution in [-0.2, 0) is 17.1 Å². The summed E-state index contributed by atoms with van der Waals surface area (Å²) in [6.45, 7) is 5.43. The van der Waals surface area contributed by atoms with Crippen molar-refractivity contribution in [2.24, 2.45) is 5.41 Å². The predicted molar refractivity (Wildman–Crippen MR) is 137 cm³/mol. The summed E-state index contributed by atoms with van der Waals surface area (Å²) < 4.78 is 135. The zero-order chi connectivity index (χ0) is 32.1. The zero-order valence-electron chi connectivity index (χ0n) is 23.5. The Bertz CT molecular complexity index is 1330. The van der Waals surface area contributed by atoms with Crippen LogP contribution < -0.4 is 9.47 Å². The molecule has 1 saturated heterocycles. The van der Waals surface area contributed by atoms with Crippen LogP contribution in [0.25, 0.3) is 5.57 Å². The van der Waals surface area contributed by atoms with Gasteiger partial charge in [-0.25, -0.2) is 4.90 Å². The first-order valence-electron chi connectivity index (χ1n) is 13.2. The van der Waals surface area contributed by atoms with Gasteiger partial charge in [0.1, 0.15) is 17.6 Å². The first-order valence-corrected chi connectivity index (χ1v) is 13.2. The predicted octanol–water partition coefficient (Wildman–Crippen LogP) is 8.33. The van der Waals surface area contributed by atoms with Gasteiger partial charge in [-0.05, 0) is 79.1 Å². The standard InChI is InChI=1S/C29H30F9NO4/c1-15-24(16-9-18(27(30,31)32)11-19(10-16)28(33,34)35)42-25(40)39(15)14-17-13-26(2,3)8-7-21(17)22-12-20(43-29(36,37)38)5-6-23(22)41-4/h5-6,9-12,15,24-25,40H,7-8,13-14H2,1-4H3/t15-,24-,25?/m0/s1. The number of methoxy groups -OCH3 is 1. The Balaban J connectivity index is 1.74. The lowest BCUT2D eigenvalue weighted by Crippen LogP contribution is -2.38. The van der Waals surface area contributed by atoms with Gasteiger partial charge in [-0.15, -0.1) is 13.2 Å². The molecule has 1 unspecified atom stereocenters. The molecule has 2 aromatic carbocycles. The number of benzene rings is 2. The molecule has 1 aliphatic carbocycles. The summed E-state index contributed by atoms with van der Waals surface area (Å²) in [5.41, 5.74) is -2.03. The number of aliphatic hydroxyl groups is 1. The van der Waals surface area contributed by atoms with Crippen LogP contribution in [0.3, 0.4) is 0 Å². The molecule has 4 rings (SSSR count). The average molecular weight is 628 g/mol. The van der Waals surface area contributed by atoms with Crippen molar-refractivity contribution in [3.8, 4) is 11.5 Å². The molecule has 3 atom stereocenters. The van der Waals surface area contributed by atoms with Gasteiger partial charge in [0.25, 0.3) is 0 Å². The van der Waals surface area contributed by atoms with E-state index in [0.717, 1.165) is 6.07 Å². The van der Waals surface area contributed by atoms with Crippen molar-refractivity contribution < 1.29 is 58.8 Å². The number of rotatable bonds is 6. The molecule has 0 spiro atoms. The molecule has 1 heterocycles. The van der Waals surface area contributed by atoms with E-state index < -0.39 is 59.7 Å². The van der Waals surface area contributed by atoms with Gasteiger partial charge >= 0.3 is 18.7 Å². The third-order valence-corrected chi connectivity index (χ3v) is 7.73. The van der Waals surface area contributed by atoms with Gasteiger partial charge in [-0.3, -0.25) is 0 Å². The molecule has 5 nitrogen and oxygen atoms in total. The van der Waals surface area contributed by atoms with E-state index in [1.807, 2.05) is 13.8 Å². The van der Waals surface area contributed by atoms with E-state index >= 15 is 0 Å². The van der Waals surface area contributed by atoms with Crippen molar-refractivity contribution in [3.05, 3.63) is 64.2 Å². The molecular formula is C29H30F9NO4. The van der Waals surface area contributed by atoms with Gasteiger partial charge < -0.3 is 19.3 Å². The van der Waals surface area contributed by atoms with Gasteiger partial charge in [-0.2, -0.15) is 26.3 Å². The van der Waals surface area contributed by atoms with Gasteiger partial charge in [0.2, 0.25) is 6.41 Å². The van der Waals surface area contributed by atoms with E-state index in [9.17, 15) is 44.6 Å². The maximum absolute atomic E-state index is 13.5. The van der Waals surface area contributed by atoms with E-state index in [4.69, 9.17) is 9.47 Å². The normalized spacial score (nSPS) is 23.5. The van der Waals surface area contributed by atoms with Crippen LogP contribution >= 0.6 is 0 Å². The largest absolute Gasteiger partial charge is 0.573 e. The summed E-state index contributed by atoms with van der Waals surface area (Å²) in [7, 11) is 1.35. The molecular weight excluding hydrogens is 597 g/mol. The number of halogens is 9. The second kappa shape index (κ2) is 11.5. The second-order valence-electron chi connectivity index (χ2n) is 11.5. The summed E-state index contributed by atoms with van der Waals surface area (Å²) >= 11 is 0. The highest BCUT2D eigenvalue weighted by atomic mass is 19.4. The number of nitrogens with zero attached hydrogens (tertiary/aromatic N) is 1. The Hall–Kier alpha value is -2.97. The van der Waals surface area contributed by atoms with Gasteiger partial charge in [0, 0.05) is 18.2 Å². The Kier molecular flexibility index (Phi) is 8.82. The SMILES string of the molecule is COc1ccc(OC(F)(F)F)cc1C1=C(CN2C(O)O[C@H](c3cc(C(F)(F)F)cc(C(F)(F)F)c3)[C@@H]2C)CC(C)(C)CC1. The molecule has 0 saturated carbocycles. The van der Waals surface area contributed by atoms with Crippen LogP contribution in [-0.4, -0.2) is 42.5 Å². The zero-order valence-corrected chi connectivity index (χ0v) is 23.5. The summed E-state index contributed by atoms with van der Waals surface area (Å²) in [5, 5.41) is 10.8. The lowest BCUT2D eigenvalue weighted by molar-refractivity contribution is -0.274. The summed E-state index contributed by atoms with van der Waals surface area (Å²) in [4.78, 5) is 1.39. The molecule has 0 aromatic heterocycles.